The third kappa shape index (κ3) is 3.86. The third-order valence-corrected chi connectivity index (χ3v) is 10.2. The van der Waals surface area contributed by atoms with Crippen molar-refractivity contribution >= 4 is 13.3 Å². The summed E-state index contributed by atoms with van der Waals surface area (Å²) in [7, 11) is 0. The normalized spacial score (nSPS) is 25.2. The molecule has 1 saturated heterocycles. The van der Waals surface area contributed by atoms with Gasteiger partial charge in [-0.05, 0) is 0 Å². The van der Waals surface area contributed by atoms with E-state index in [1.165, 1.54) is 18.5 Å². The number of hydrogen-bond acceptors (Lipinski definition) is 1. The predicted octanol–water partition coefficient (Wildman–Crippen LogP) is 4.48. The van der Waals surface area contributed by atoms with Gasteiger partial charge in [0.1, 0.15) is 0 Å². The summed E-state index contributed by atoms with van der Waals surface area (Å²) < 4.78 is 0.954. The van der Waals surface area contributed by atoms with E-state index in [1.54, 1.807) is 0 Å². The molecule has 1 nitrogen and oxygen atoms in total. The van der Waals surface area contributed by atoms with E-state index in [0.717, 1.165) is 11.3 Å². The van der Waals surface area contributed by atoms with Crippen LogP contribution >= 0.6 is 0 Å². The fraction of sp³-hybridized carbons (Fsp3) is 0.625. The van der Waals surface area contributed by atoms with Crippen molar-refractivity contribution in [2.45, 2.75) is 47.8 Å². The Balaban J connectivity index is 2.81. The zero-order valence-electron chi connectivity index (χ0n) is 12.8. The predicted molar refractivity (Wildman–Crippen MR) is 85.8 cm³/mol. The number of rotatable bonds is 5. The second-order valence-corrected chi connectivity index (χ2v) is 18.8. The third-order valence-electron chi connectivity index (χ3n) is 4.24. The van der Waals surface area contributed by atoms with Crippen LogP contribution in [0.2, 0.25) is 22.0 Å². The molecular formula is C16H29GeN. The molecule has 1 heterocycles. The Labute approximate surface area is 116 Å². The summed E-state index contributed by atoms with van der Waals surface area (Å²) in [5.41, 5.74) is 1.60. The van der Waals surface area contributed by atoms with Gasteiger partial charge in [0, 0.05) is 0 Å². The first-order valence-electron chi connectivity index (χ1n) is 6.90. The van der Waals surface area contributed by atoms with Crippen molar-refractivity contribution in [3.63, 3.8) is 0 Å². The van der Waals surface area contributed by atoms with Crippen LogP contribution in [0.5, 0.6) is 0 Å². The maximum absolute atomic E-state index is 3.91. The van der Waals surface area contributed by atoms with E-state index in [-0.39, 0.29) is 0 Å². The van der Waals surface area contributed by atoms with Gasteiger partial charge < -0.3 is 0 Å². The molecule has 0 aromatic carbocycles. The SMILES string of the molecule is C=C/C=C(\C=C)CN1C[CH]([Ge]([CH3])([CH3])[CH3])CC1(C)C. The van der Waals surface area contributed by atoms with Crippen LogP contribution in [0.25, 0.3) is 0 Å². The maximum atomic E-state index is 3.91. The minimum atomic E-state index is -1.54. The van der Waals surface area contributed by atoms with Gasteiger partial charge in [0.2, 0.25) is 0 Å². The Bertz CT molecular complexity index is 347. The van der Waals surface area contributed by atoms with Crippen LogP contribution in [0.1, 0.15) is 20.3 Å². The van der Waals surface area contributed by atoms with Gasteiger partial charge in [-0.25, -0.2) is 0 Å². The molecule has 0 bridgehead atoms. The molecule has 1 fully saturated rings. The molecule has 1 rings (SSSR count). The van der Waals surface area contributed by atoms with Crippen molar-refractivity contribution in [3.05, 3.63) is 37.0 Å². The number of hydrogen-bond donors (Lipinski definition) is 0. The van der Waals surface area contributed by atoms with Gasteiger partial charge in [-0.1, -0.05) is 0 Å². The van der Waals surface area contributed by atoms with Crippen molar-refractivity contribution in [1.82, 2.24) is 4.90 Å². The molecule has 0 aliphatic carbocycles. The minimum absolute atomic E-state index is 0.326. The summed E-state index contributed by atoms with van der Waals surface area (Å²) >= 11 is -1.54. The summed E-state index contributed by atoms with van der Waals surface area (Å²) in [5.74, 6) is 7.62. The molecule has 1 aliphatic heterocycles. The van der Waals surface area contributed by atoms with Crippen LogP contribution in [0, 0.1) is 0 Å². The molecule has 102 valence electrons. The molecule has 0 amide bonds. The van der Waals surface area contributed by atoms with E-state index in [2.05, 4.69) is 55.2 Å². The number of allylic oxidation sites excluding steroid dienone is 2. The van der Waals surface area contributed by atoms with Gasteiger partial charge in [0.05, 0.1) is 0 Å². The Morgan fingerprint density at radius 2 is 1.94 bits per heavy atom. The molecule has 1 atom stereocenters. The first-order chi connectivity index (χ1) is 8.20. The van der Waals surface area contributed by atoms with Crippen LogP contribution in [-0.2, 0) is 0 Å². The van der Waals surface area contributed by atoms with E-state index in [1.807, 2.05) is 12.2 Å². The quantitative estimate of drug-likeness (QED) is 0.535. The Morgan fingerprint density at radius 3 is 2.33 bits per heavy atom. The number of nitrogens with zero attached hydrogens (tertiary/aromatic N) is 1. The summed E-state index contributed by atoms with van der Waals surface area (Å²) in [6.07, 6.45) is 7.26. The van der Waals surface area contributed by atoms with Gasteiger partial charge >= 0.3 is 116 Å². The standard InChI is InChI=1S/C16H29GeN/c1-8-10-14(9-2)12-18-13-15(17(5,6)7)11-16(18,3)4/h8-10,15H,1-2,11-13H2,3-7H3/b14-10+. The monoisotopic (exact) mass is 309 g/mol. The molecule has 0 saturated carbocycles. The van der Waals surface area contributed by atoms with Crippen molar-refractivity contribution in [3.8, 4) is 0 Å². The van der Waals surface area contributed by atoms with E-state index in [9.17, 15) is 0 Å². The van der Waals surface area contributed by atoms with E-state index in [4.69, 9.17) is 0 Å². The molecule has 0 aromatic heterocycles. The molecule has 0 spiro atoms. The van der Waals surface area contributed by atoms with Gasteiger partial charge in [-0.2, -0.15) is 0 Å². The summed E-state index contributed by atoms with van der Waals surface area (Å²) in [5, 5.41) is 0. The topological polar surface area (TPSA) is 3.24 Å². The van der Waals surface area contributed by atoms with Gasteiger partial charge in [0.15, 0.2) is 0 Å². The molecular weight excluding hydrogens is 279 g/mol. The first-order valence-corrected chi connectivity index (χ1v) is 14.4. The fourth-order valence-corrected chi connectivity index (χ4v) is 6.67. The van der Waals surface area contributed by atoms with Crippen LogP contribution < -0.4 is 0 Å². The van der Waals surface area contributed by atoms with Crippen LogP contribution in [-0.4, -0.2) is 36.8 Å². The van der Waals surface area contributed by atoms with E-state index >= 15 is 0 Å². The Hall–Kier alpha value is -0.277. The Morgan fingerprint density at radius 1 is 1.33 bits per heavy atom. The fourth-order valence-electron chi connectivity index (χ4n) is 2.73. The van der Waals surface area contributed by atoms with E-state index in [0.29, 0.717) is 5.54 Å². The summed E-state index contributed by atoms with van der Waals surface area (Å²) in [6, 6.07) is 0. The van der Waals surface area contributed by atoms with Gasteiger partial charge in [-0.15, -0.1) is 0 Å². The average molecular weight is 308 g/mol. The van der Waals surface area contributed by atoms with Crippen LogP contribution in [0.3, 0.4) is 0 Å². The van der Waals surface area contributed by atoms with Gasteiger partial charge in [0.25, 0.3) is 0 Å². The van der Waals surface area contributed by atoms with Crippen molar-refractivity contribution in [1.29, 1.82) is 0 Å². The first kappa shape index (κ1) is 15.8. The van der Waals surface area contributed by atoms with Crippen molar-refractivity contribution in [2.75, 3.05) is 13.1 Å². The second-order valence-electron chi connectivity index (χ2n) is 7.14. The molecule has 1 aliphatic rings. The molecule has 2 heteroatoms. The Kier molecular flexibility index (Phi) is 5.07. The summed E-state index contributed by atoms with van der Waals surface area (Å²) in [4.78, 5) is 2.63. The molecule has 0 N–H and O–H groups in total. The molecule has 0 radical (unpaired) electrons. The zero-order valence-corrected chi connectivity index (χ0v) is 14.9. The molecule has 0 aromatic rings. The number of likely N-dealkylation sites (tertiary alicyclic amines) is 1. The zero-order chi connectivity index (χ0) is 14.0. The average Bonchev–Trinajstić information content (AvgIpc) is 2.53. The van der Waals surface area contributed by atoms with Crippen molar-refractivity contribution < 1.29 is 0 Å². The molecule has 18 heavy (non-hydrogen) atoms. The van der Waals surface area contributed by atoms with Gasteiger partial charge in [-0.3, -0.25) is 0 Å². The van der Waals surface area contributed by atoms with Crippen LogP contribution in [0.4, 0.5) is 0 Å². The van der Waals surface area contributed by atoms with Crippen LogP contribution in [0.15, 0.2) is 37.0 Å². The molecule has 1 unspecified atom stereocenters. The van der Waals surface area contributed by atoms with E-state index < -0.39 is 13.3 Å². The van der Waals surface area contributed by atoms with Crippen molar-refractivity contribution in [2.24, 2.45) is 0 Å². The second kappa shape index (κ2) is 5.79. The summed E-state index contributed by atoms with van der Waals surface area (Å²) in [6.45, 7) is 14.7.